The van der Waals surface area contributed by atoms with E-state index in [0.29, 0.717) is 5.82 Å². The van der Waals surface area contributed by atoms with Crippen LogP contribution in [0.25, 0.3) is 61.1 Å². The minimum atomic E-state index is 0.707. The van der Waals surface area contributed by atoms with Crippen molar-refractivity contribution in [1.29, 1.82) is 0 Å². The average Bonchev–Trinajstić information content (AvgIpc) is 3.90. The summed E-state index contributed by atoms with van der Waals surface area (Å²) in [6.07, 6.45) is 8.25. The number of pyridine rings is 1. The van der Waals surface area contributed by atoms with Crippen LogP contribution in [-0.2, 0) is 6.42 Å². The van der Waals surface area contributed by atoms with Crippen LogP contribution in [0, 0.1) is 0 Å². The second-order valence-electron chi connectivity index (χ2n) is 14.9. The first-order valence-corrected chi connectivity index (χ1v) is 20.0. The lowest BCUT2D eigenvalue weighted by molar-refractivity contribution is 1.00. The van der Waals surface area contributed by atoms with E-state index in [4.69, 9.17) is 0 Å². The number of nitrogens with zero attached hydrogens (tertiary/aromatic N) is 6. The van der Waals surface area contributed by atoms with Gasteiger partial charge in [-0.25, -0.2) is 9.97 Å². The zero-order valence-corrected chi connectivity index (χ0v) is 32.2. The summed E-state index contributed by atoms with van der Waals surface area (Å²) in [7, 11) is 0. The van der Waals surface area contributed by atoms with Crippen LogP contribution >= 0.6 is 0 Å². The normalized spacial score (nSPS) is 12.2. The van der Waals surface area contributed by atoms with Crippen molar-refractivity contribution in [3.8, 4) is 39.3 Å². The van der Waals surface area contributed by atoms with Crippen molar-refractivity contribution in [3.05, 3.63) is 212 Å². The highest BCUT2D eigenvalue weighted by Crippen LogP contribution is 2.45. The highest BCUT2D eigenvalue weighted by molar-refractivity contribution is 6.14. The average molecular weight is 759 g/mol. The van der Waals surface area contributed by atoms with Crippen molar-refractivity contribution in [2.45, 2.75) is 6.42 Å². The summed E-state index contributed by atoms with van der Waals surface area (Å²) in [5.41, 5.74) is 16.3. The van der Waals surface area contributed by atoms with Crippen LogP contribution in [0.3, 0.4) is 0 Å². The van der Waals surface area contributed by atoms with Crippen molar-refractivity contribution >= 4 is 50.2 Å². The molecule has 0 saturated heterocycles. The molecule has 0 fully saturated rings. The number of fused-ring (bicyclic) bond motifs is 5. The lowest BCUT2D eigenvalue weighted by Gasteiger charge is -2.26. The number of para-hydroxylation sites is 2. The Labute approximate surface area is 343 Å². The van der Waals surface area contributed by atoms with Crippen molar-refractivity contribution in [3.63, 3.8) is 0 Å². The molecule has 6 heteroatoms. The Bertz CT molecular complexity index is 2970. The minimum Gasteiger partial charge on any atom is -0.341 e. The van der Waals surface area contributed by atoms with Gasteiger partial charge < -0.3 is 14.4 Å². The van der Waals surface area contributed by atoms with E-state index >= 15 is 0 Å². The molecule has 0 radical (unpaired) electrons. The van der Waals surface area contributed by atoms with Gasteiger partial charge in [-0.2, -0.15) is 0 Å². The number of hydrogen-bond donors (Lipinski definition) is 0. The van der Waals surface area contributed by atoms with Gasteiger partial charge in [0.1, 0.15) is 0 Å². The molecule has 59 heavy (non-hydrogen) atoms. The third-order valence-electron chi connectivity index (χ3n) is 11.5. The second-order valence-corrected chi connectivity index (χ2v) is 14.9. The Kier molecular flexibility index (Phi) is 8.51. The van der Waals surface area contributed by atoms with E-state index in [1.807, 2.05) is 18.3 Å². The van der Waals surface area contributed by atoms with Gasteiger partial charge in [-0.15, -0.1) is 0 Å². The fourth-order valence-electron chi connectivity index (χ4n) is 8.73. The number of benzene rings is 7. The second kappa shape index (κ2) is 14.6. The summed E-state index contributed by atoms with van der Waals surface area (Å²) < 4.78 is 2.43. The highest BCUT2D eigenvalue weighted by Gasteiger charge is 2.26. The van der Waals surface area contributed by atoms with E-state index < -0.39 is 0 Å². The van der Waals surface area contributed by atoms with E-state index in [2.05, 4.69) is 199 Å². The predicted octanol–water partition coefficient (Wildman–Crippen LogP) is 13.1. The van der Waals surface area contributed by atoms with Crippen LogP contribution < -0.4 is 9.80 Å². The van der Waals surface area contributed by atoms with E-state index in [0.717, 1.165) is 52.3 Å². The van der Waals surface area contributed by atoms with Crippen molar-refractivity contribution in [2.75, 3.05) is 16.3 Å². The molecule has 3 aromatic heterocycles. The third kappa shape index (κ3) is 6.19. The maximum atomic E-state index is 4.47. The summed E-state index contributed by atoms with van der Waals surface area (Å²) in [4.78, 5) is 18.0. The van der Waals surface area contributed by atoms with Crippen LogP contribution in [0.1, 0.15) is 5.56 Å². The van der Waals surface area contributed by atoms with Gasteiger partial charge in [-0.05, 0) is 143 Å². The quantitative estimate of drug-likeness (QED) is 0.154. The molecule has 0 bridgehead atoms. The lowest BCUT2D eigenvalue weighted by atomic mass is 9.99. The van der Waals surface area contributed by atoms with Crippen molar-refractivity contribution in [1.82, 2.24) is 19.5 Å². The molecule has 7 aromatic carbocycles. The van der Waals surface area contributed by atoms with Gasteiger partial charge in [0.2, 0.25) is 0 Å². The molecule has 0 saturated carbocycles. The van der Waals surface area contributed by atoms with Crippen LogP contribution in [0.5, 0.6) is 0 Å². The number of rotatable bonds is 8. The molecule has 6 nitrogen and oxygen atoms in total. The largest absolute Gasteiger partial charge is 0.341 e. The summed E-state index contributed by atoms with van der Waals surface area (Å²) in [5.74, 6) is 0.707. The van der Waals surface area contributed by atoms with E-state index in [9.17, 15) is 0 Å². The van der Waals surface area contributed by atoms with Gasteiger partial charge in [0, 0.05) is 81.8 Å². The molecule has 1 aliphatic heterocycles. The Balaban J connectivity index is 1.00. The first kappa shape index (κ1) is 34.4. The van der Waals surface area contributed by atoms with Crippen LogP contribution in [0.15, 0.2) is 207 Å². The smallest absolute Gasteiger partial charge is 0.159 e. The molecule has 0 unspecified atom stereocenters. The molecule has 11 rings (SSSR count). The highest BCUT2D eigenvalue weighted by atomic mass is 15.2. The van der Waals surface area contributed by atoms with E-state index in [-0.39, 0.29) is 0 Å². The monoisotopic (exact) mass is 758 g/mol. The van der Waals surface area contributed by atoms with Gasteiger partial charge in [-0.1, -0.05) is 72.8 Å². The SMILES string of the molecule is c1ccc(N2CCc3c2ccc2c3c3cc(-c4ccc(N(c5ccc(-c6cccnc6)cc5)c5ccc(-c6ncccn6)cc5)cc4)ccc3n2-c2ccccc2)cc1. The Morgan fingerprint density at radius 3 is 1.69 bits per heavy atom. The molecular formula is C53H38N6. The van der Waals surface area contributed by atoms with Gasteiger partial charge >= 0.3 is 0 Å². The summed E-state index contributed by atoms with van der Waals surface area (Å²) in [5, 5.41) is 2.61. The topological polar surface area (TPSA) is 50.1 Å². The molecular weight excluding hydrogens is 721 g/mol. The molecule has 0 aliphatic carbocycles. The lowest BCUT2D eigenvalue weighted by Crippen LogP contribution is -2.12. The number of hydrogen-bond acceptors (Lipinski definition) is 5. The van der Waals surface area contributed by atoms with Crippen LogP contribution in [0.4, 0.5) is 28.4 Å². The molecule has 0 spiro atoms. The Morgan fingerprint density at radius 2 is 1.05 bits per heavy atom. The maximum Gasteiger partial charge on any atom is 0.159 e. The van der Waals surface area contributed by atoms with Gasteiger partial charge in [-0.3, -0.25) is 4.98 Å². The molecule has 10 aromatic rings. The van der Waals surface area contributed by atoms with Crippen LogP contribution in [0.2, 0.25) is 0 Å². The maximum absolute atomic E-state index is 4.47. The zero-order chi connectivity index (χ0) is 39.1. The standard InChI is InChI=1S/C53H38N6/c1-3-10-42(11-4-1)57-34-30-47-49(57)28-29-51-52(47)48-35-40(20-27-50(48)59(51)43-12-5-2-6-13-43)37-14-21-44(22-15-37)58(45-23-16-38(17-24-45)41-9-7-31-54-36-41)46-25-18-39(19-26-46)53-55-32-8-33-56-53/h1-29,31-33,35-36H,30,34H2. The summed E-state index contributed by atoms with van der Waals surface area (Å²) >= 11 is 0. The van der Waals surface area contributed by atoms with Gasteiger partial charge in [0.15, 0.2) is 5.82 Å². The van der Waals surface area contributed by atoms with E-state index in [1.54, 1.807) is 18.6 Å². The fourth-order valence-corrected chi connectivity index (χ4v) is 8.73. The Morgan fingerprint density at radius 1 is 0.458 bits per heavy atom. The van der Waals surface area contributed by atoms with E-state index in [1.165, 1.54) is 50.0 Å². The molecule has 280 valence electrons. The van der Waals surface area contributed by atoms with Crippen molar-refractivity contribution in [2.24, 2.45) is 0 Å². The molecule has 0 atom stereocenters. The number of anilines is 5. The predicted molar refractivity (Wildman–Crippen MR) is 242 cm³/mol. The molecule has 0 N–H and O–H groups in total. The molecule has 0 amide bonds. The minimum absolute atomic E-state index is 0.707. The zero-order valence-electron chi connectivity index (χ0n) is 32.2. The first-order valence-electron chi connectivity index (χ1n) is 20.0. The fraction of sp³-hybridized carbons (Fsp3) is 0.0377. The van der Waals surface area contributed by atoms with Crippen LogP contribution in [-0.4, -0.2) is 26.1 Å². The Hall–Kier alpha value is -7.83. The van der Waals surface area contributed by atoms with Crippen molar-refractivity contribution < 1.29 is 0 Å². The molecule has 1 aliphatic rings. The first-order chi connectivity index (χ1) is 29.3. The molecule has 4 heterocycles. The number of aromatic nitrogens is 4. The summed E-state index contributed by atoms with van der Waals surface area (Å²) in [6.45, 7) is 0.961. The van der Waals surface area contributed by atoms with Gasteiger partial charge in [0.05, 0.1) is 11.0 Å². The summed E-state index contributed by atoms with van der Waals surface area (Å²) in [6, 6.07) is 65.1. The van der Waals surface area contributed by atoms with Gasteiger partial charge in [0.25, 0.3) is 0 Å². The third-order valence-corrected chi connectivity index (χ3v) is 11.5.